The second kappa shape index (κ2) is 10.1. The Morgan fingerprint density at radius 2 is 1.96 bits per heavy atom. The van der Waals surface area contributed by atoms with Gasteiger partial charge in [0.1, 0.15) is 11.4 Å². The predicted molar refractivity (Wildman–Crippen MR) is 103 cm³/mol. The summed E-state index contributed by atoms with van der Waals surface area (Å²) in [6, 6.07) is 5.06. The van der Waals surface area contributed by atoms with E-state index in [0.29, 0.717) is 29.0 Å². The lowest BCUT2D eigenvalue weighted by molar-refractivity contribution is 0.145. The number of aliphatic imine (C=N–C) groups is 1. The van der Waals surface area contributed by atoms with E-state index in [1.165, 1.54) is 26.5 Å². The van der Waals surface area contributed by atoms with Crippen LogP contribution in [0.25, 0.3) is 6.08 Å². The van der Waals surface area contributed by atoms with Gasteiger partial charge in [0.15, 0.2) is 5.90 Å². The molecular formula is C20H21F2N3O3. The summed E-state index contributed by atoms with van der Waals surface area (Å²) in [7, 11) is 3.07. The number of pyridine rings is 2. The highest BCUT2D eigenvalue weighted by molar-refractivity contribution is 5.76. The Kier molecular flexibility index (Phi) is 7.62. The minimum atomic E-state index is -2.61. The number of halogens is 2. The fourth-order valence-electron chi connectivity index (χ4n) is 2.24. The van der Waals surface area contributed by atoms with Gasteiger partial charge in [-0.3, -0.25) is 4.98 Å². The molecule has 6 nitrogen and oxygen atoms in total. The normalized spacial score (nSPS) is 12.2. The van der Waals surface area contributed by atoms with E-state index >= 15 is 0 Å². The van der Waals surface area contributed by atoms with Gasteiger partial charge in [0.2, 0.25) is 11.8 Å². The van der Waals surface area contributed by atoms with Gasteiger partial charge in [-0.15, -0.1) is 0 Å². The molecule has 0 saturated heterocycles. The zero-order chi connectivity index (χ0) is 20.5. The first-order valence-electron chi connectivity index (χ1n) is 8.33. The number of hydrogen-bond donors (Lipinski definition) is 0. The number of aryl methyl sites for hydroxylation is 1. The summed E-state index contributed by atoms with van der Waals surface area (Å²) in [6.07, 6.45) is 5.47. The molecule has 2 rings (SSSR count). The van der Waals surface area contributed by atoms with Gasteiger partial charge in [-0.1, -0.05) is 6.08 Å². The van der Waals surface area contributed by atoms with Crippen molar-refractivity contribution in [3.8, 4) is 17.5 Å². The number of allylic oxidation sites excluding steroid dienone is 2. The van der Waals surface area contributed by atoms with E-state index in [0.717, 1.165) is 5.56 Å². The number of rotatable bonds is 7. The maximum atomic E-state index is 12.7. The smallest absolute Gasteiger partial charge is 0.280 e. The van der Waals surface area contributed by atoms with Crippen LogP contribution in [-0.4, -0.2) is 30.1 Å². The molecule has 0 aliphatic heterocycles. The van der Waals surface area contributed by atoms with Crippen LogP contribution in [0, 0.1) is 6.92 Å². The number of aromatic nitrogens is 2. The maximum absolute atomic E-state index is 12.7. The van der Waals surface area contributed by atoms with Crippen LogP contribution in [0.4, 0.5) is 8.78 Å². The van der Waals surface area contributed by atoms with Gasteiger partial charge in [-0.2, -0.15) is 4.98 Å². The summed E-state index contributed by atoms with van der Waals surface area (Å²) >= 11 is 0. The Bertz CT molecular complexity index is 896. The van der Waals surface area contributed by atoms with Crippen molar-refractivity contribution in [1.82, 2.24) is 9.97 Å². The zero-order valence-electron chi connectivity index (χ0n) is 16.0. The lowest BCUT2D eigenvalue weighted by Gasteiger charge is -2.07. The lowest BCUT2D eigenvalue weighted by atomic mass is 10.2. The SMILES string of the molecule is COc1ccc(/C=C/C=C\N=C(/C)Oc2cnc(C(F)F)c(C)c2)c(OC)n1. The molecule has 0 aliphatic carbocycles. The summed E-state index contributed by atoms with van der Waals surface area (Å²) in [5, 5.41) is 0. The quantitative estimate of drug-likeness (QED) is 0.388. The Morgan fingerprint density at radius 3 is 2.61 bits per heavy atom. The maximum Gasteiger partial charge on any atom is 0.280 e. The number of nitrogens with zero attached hydrogens (tertiary/aromatic N) is 3. The van der Waals surface area contributed by atoms with Gasteiger partial charge in [-0.25, -0.2) is 13.8 Å². The van der Waals surface area contributed by atoms with Crippen LogP contribution in [0.3, 0.4) is 0 Å². The lowest BCUT2D eigenvalue weighted by Crippen LogP contribution is -2.04. The molecule has 0 atom stereocenters. The van der Waals surface area contributed by atoms with Crippen molar-refractivity contribution in [1.29, 1.82) is 0 Å². The monoisotopic (exact) mass is 389 g/mol. The van der Waals surface area contributed by atoms with Crippen LogP contribution in [0.1, 0.15) is 30.2 Å². The minimum Gasteiger partial charge on any atom is -0.481 e. The number of ether oxygens (including phenoxy) is 3. The first kappa shape index (κ1) is 21.0. The molecule has 28 heavy (non-hydrogen) atoms. The molecule has 148 valence electrons. The molecule has 2 aromatic rings. The Labute approximate surface area is 162 Å². The predicted octanol–water partition coefficient (Wildman–Crippen LogP) is 4.76. The second-order valence-electron chi connectivity index (χ2n) is 5.58. The van der Waals surface area contributed by atoms with E-state index in [-0.39, 0.29) is 5.69 Å². The molecule has 0 aliphatic rings. The van der Waals surface area contributed by atoms with Crippen molar-refractivity contribution >= 4 is 12.0 Å². The molecule has 0 amide bonds. The highest BCUT2D eigenvalue weighted by atomic mass is 19.3. The third-order valence-electron chi connectivity index (χ3n) is 3.56. The molecular weight excluding hydrogens is 368 g/mol. The van der Waals surface area contributed by atoms with Crippen LogP contribution in [0.2, 0.25) is 0 Å². The van der Waals surface area contributed by atoms with Gasteiger partial charge in [0, 0.05) is 24.8 Å². The Balaban J connectivity index is 1.98. The standard InChI is InChI=1S/C20H21F2N3O3/c1-13-11-16(12-24-18(13)19(21)22)28-14(2)23-10-6-5-7-15-8-9-17(26-3)25-20(15)27-4/h5-12,19H,1-4H3/b7-5+,10-6-,23-14+. The van der Waals surface area contributed by atoms with E-state index in [1.54, 1.807) is 38.3 Å². The van der Waals surface area contributed by atoms with E-state index in [2.05, 4.69) is 15.0 Å². The third-order valence-corrected chi connectivity index (χ3v) is 3.56. The van der Waals surface area contributed by atoms with Gasteiger partial charge in [0.05, 0.1) is 20.4 Å². The highest BCUT2D eigenvalue weighted by Crippen LogP contribution is 2.23. The summed E-state index contributed by atoms with van der Waals surface area (Å²) in [5.41, 5.74) is 0.891. The Morgan fingerprint density at radius 1 is 1.18 bits per heavy atom. The first-order valence-corrected chi connectivity index (χ1v) is 8.33. The fourth-order valence-corrected chi connectivity index (χ4v) is 2.24. The summed E-state index contributed by atoms with van der Waals surface area (Å²) in [6.45, 7) is 3.21. The van der Waals surface area contributed by atoms with Crippen molar-refractivity contribution in [2.45, 2.75) is 20.3 Å². The molecule has 0 fully saturated rings. The molecule has 0 unspecified atom stereocenters. The van der Waals surface area contributed by atoms with Gasteiger partial charge >= 0.3 is 0 Å². The Hall–Kier alpha value is -3.29. The van der Waals surface area contributed by atoms with Crippen LogP contribution >= 0.6 is 0 Å². The van der Waals surface area contributed by atoms with Crippen LogP contribution in [0.5, 0.6) is 17.5 Å². The molecule has 8 heteroatoms. The summed E-state index contributed by atoms with van der Waals surface area (Å²) in [5.74, 6) is 1.61. The molecule has 2 aromatic heterocycles. The van der Waals surface area contributed by atoms with E-state index in [9.17, 15) is 8.78 Å². The number of alkyl halides is 2. The molecule has 0 bridgehead atoms. The van der Waals surface area contributed by atoms with E-state index in [1.807, 2.05) is 12.1 Å². The molecule has 2 heterocycles. The average molecular weight is 389 g/mol. The number of methoxy groups -OCH3 is 2. The van der Waals surface area contributed by atoms with Gasteiger partial charge in [-0.05, 0) is 36.8 Å². The van der Waals surface area contributed by atoms with Gasteiger partial charge < -0.3 is 14.2 Å². The van der Waals surface area contributed by atoms with Crippen molar-refractivity contribution in [2.75, 3.05) is 14.2 Å². The van der Waals surface area contributed by atoms with E-state index < -0.39 is 6.43 Å². The second-order valence-corrected chi connectivity index (χ2v) is 5.58. The molecule has 0 spiro atoms. The van der Waals surface area contributed by atoms with Crippen molar-refractivity contribution in [3.63, 3.8) is 0 Å². The van der Waals surface area contributed by atoms with Gasteiger partial charge in [0.25, 0.3) is 6.43 Å². The van der Waals surface area contributed by atoms with Crippen LogP contribution in [-0.2, 0) is 0 Å². The largest absolute Gasteiger partial charge is 0.481 e. The summed E-state index contributed by atoms with van der Waals surface area (Å²) < 4.78 is 41.2. The van der Waals surface area contributed by atoms with Crippen LogP contribution in [0.15, 0.2) is 47.7 Å². The molecule has 0 radical (unpaired) electrons. The third kappa shape index (κ3) is 5.87. The minimum absolute atomic E-state index is 0.254. The molecule has 0 saturated carbocycles. The molecule has 0 aromatic carbocycles. The fraction of sp³-hybridized carbons (Fsp3) is 0.250. The zero-order valence-corrected chi connectivity index (χ0v) is 16.0. The topological polar surface area (TPSA) is 65.8 Å². The van der Waals surface area contributed by atoms with Crippen LogP contribution < -0.4 is 14.2 Å². The average Bonchev–Trinajstić information content (AvgIpc) is 2.67. The van der Waals surface area contributed by atoms with Crippen molar-refractivity contribution < 1.29 is 23.0 Å². The van der Waals surface area contributed by atoms with Crippen molar-refractivity contribution in [3.05, 3.63) is 59.6 Å². The highest BCUT2D eigenvalue weighted by Gasteiger charge is 2.13. The van der Waals surface area contributed by atoms with Crippen molar-refractivity contribution in [2.24, 2.45) is 4.99 Å². The summed E-state index contributed by atoms with van der Waals surface area (Å²) in [4.78, 5) is 12.0. The first-order chi connectivity index (χ1) is 13.4. The molecule has 0 N–H and O–H groups in total. The number of hydrogen-bond acceptors (Lipinski definition) is 6. The van der Waals surface area contributed by atoms with E-state index in [4.69, 9.17) is 14.2 Å².